The van der Waals surface area contributed by atoms with Gasteiger partial charge in [0.15, 0.2) is 0 Å². The lowest BCUT2D eigenvalue weighted by Gasteiger charge is -2.36. The van der Waals surface area contributed by atoms with E-state index in [4.69, 9.17) is 0 Å². The van der Waals surface area contributed by atoms with Crippen LogP contribution in [0.1, 0.15) is 24.0 Å². The van der Waals surface area contributed by atoms with Crippen LogP contribution in [0.5, 0.6) is 5.75 Å². The average Bonchev–Trinajstić information content (AvgIpc) is 2.94. The van der Waals surface area contributed by atoms with Crippen LogP contribution in [-0.2, 0) is 13.1 Å². The quantitative estimate of drug-likeness (QED) is 0.771. The van der Waals surface area contributed by atoms with Crippen molar-refractivity contribution in [1.29, 1.82) is 0 Å². The number of ether oxygens (including phenoxy) is 1. The van der Waals surface area contributed by atoms with E-state index < -0.39 is 6.61 Å². The zero-order chi connectivity index (χ0) is 18.6. The van der Waals surface area contributed by atoms with Gasteiger partial charge in [-0.2, -0.15) is 8.78 Å². The summed E-state index contributed by atoms with van der Waals surface area (Å²) in [4.78, 5) is 9.34. The fourth-order valence-corrected chi connectivity index (χ4v) is 4.36. The normalized spacial score (nSPS) is 23.5. The molecule has 3 saturated heterocycles. The van der Waals surface area contributed by atoms with E-state index in [1.54, 1.807) is 12.1 Å². The molecule has 4 nitrogen and oxygen atoms in total. The highest BCUT2D eigenvalue weighted by molar-refractivity contribution is 5.27. The number of pyridine rings is 1. The maximum atomic E-state index is 12.3. The topological polar surface area (TPSA) is 28.6 Å². The number of alkyl halides is 2. The molecule has 1 aromatic carbocycles. The zero-order valence-electron chi connectivity index (χ0n) is 15.3. The Balaban J connectivity index is 1.39. The van der Waals surface area contributed by atoms with E-state index in [1.165, 1.54) is 18.4 Å². The number of halogens is 2. The van der Waals surface area contributed by atoms with E-state index in [0.29, 0.717) is 12.0 Å². The zero-order valence-corrected chi connectivity index (χ0v) is 15.3. The Bertz CT molecular complexity index is 726. The van der Waals surface area contributed by atoms with Crippen LogP contribution >= 0.6 is 0 Å². The molecule has 0 spiro atoms. The van der Waals surface area contributed by atoms with Gasteiger partial charge in [-0.15, -0.1) is 0 Å². The lowest BCUT2D eigenvalue weighted by molar-refractivity contribution is -0.0498. The molecule has 1 aromatic heterocycles. The Hall–Kier alpha value is -2.05. The third kappa shape index (κ3) is 4.82. The summed E-state index contributed by atoms with van der Waals surface area (Å²) in [6.07, 6.45) is 6.27. The van der Waals surface area contributed by atoms with Crippen LogP contribution in [0.15, 0.2) is 48.8 Å². The lowest BCUT2D eigenvalue weighted by atomic mass is 9.94. The van der Waals surface area contributed by atoms with Crippen LogP contribution in [0.4, 0.5) is 8.78 Å². The summed E-state index contributed by atoms with van der Waals surface area (Å²) in [5.41, 5.74) is 2.41. The van der Waals surface area contributed by atoms with Gasteiger partial charge >= 0.3 is 6.61 Å². The van der Waals surface area contributed by atoms with Crippen LogP contribution in [0, 0.1) is 5.92 Å². The molecule has 5 rings (SSSR count). The van der Waals surface area contributed by atoms with Crippen LogP contribution in [-0.4, -0.2) is 47.1 Å². The van der Waals surface area contributed by atoms with Gasteiger partial charge in [0.25, 0.3) is 0 Å². The van der Waals surface area contributed by atoms with Crippen molar-refractivity contribution in [1.82, 2.24) is 14.8 Å². The first kappa shape index (κ1) is 18.3. The number of fused-ring (bicyclic) bond motifs is 4. The first-order valence-corrected chi connectivity index (χ1v) is 9.55. The van der Waals surface area contributed by atoms with Crippen molar-refractivity contribution in [3.8, 4) is 5.75 Å². The third-order valence-electron chi connectivity index (χ3n) is 5.57. The summed E-state index contributed by atoms with van der Waals surface area (Å²) in [6, 6.07) is 11.7. The summed E-state index contributed by atoms with van der Waals surface area (Å²) in [6.45, 7) is 2.33. The first-order chi connectivity index (χ1) is 13.2. The number of piperidine rings is 1. The van der Waals surface area contributed by atoms with Crippen molar-refractivity contribution in [2.24, 2.45) is 5.92 Å². The minimum Gasteiger partial charge on any atom is -0.435 e. The summed E-state index contributed by atoms with van der Waals surface area (Å²) in [7, 11) is 0. The Kier molecular flexibility index (Phi) is 5.64. The van der Waals surface area contributed by atoms with E-state index >= 15 is 0 Å². The van der Waals surface area contributed by atoms with Crippen molar-refractivity contribution in [3.63, 3.8) is 0 Å². The molecule has 0 N–H and O–H groups in total. The van der Waals surface area contributed by atoms with E-state index in [-0.39, 0.29) is 5.75 Å². The van der Waals surface area contributed by atoms with Gasteiger partial charge in [0.2, 0.25) is 0 Å². The number of hydrogen-bond donors (Lipinski definition) is 0. The second kappa shape index (κ2) is 8.31. The molecular weight excluding hydrogens is 348 g/mol. The number of aromatic nitrogens is 1. The van der Waals surface area contributed by atoms with Crippen molar-refractivity contribution in [2.45, 2.75) is 38.6 Å². The summed E-state index contributed by atoms with van der Waals surface area (Å²) in [5, 5.41) is 0. The highest BCUT2D eigenvalue weighted by Gasteiger charge is 2.34. The molecule has 0 unspecified atom stereocenters. The summed E-state index contributed by atoms with van der Waals surface area (Å²) in [5.74, 6) is 0.899. The van der Waals surface area contributed by atoms with Crippen molar-refractivity contribution in [2.75, 3.05) is 19.6 Å². The van der Waals surface area contributed by atoms with Gasteiger partial charge in [-0.3, -0.25) is 14.8 Å². The van der Waals surface area contributed by atoms with Crippen molar-refractivity contribution >= 4 is 0 Å². The summed E-state index contributed by atoms with van der Waals surface area (Å²) < 4.78 is 29.0. The minimum atomic E-state index is -2.78. The maximum Gasteiger partial charge on any atom is 0.387 e. The molecule has 3 aliphatic heterocycles. The fourth-order valence-electron chi connectivity index (χ4n) is 4.36. The SMILES string of the molecule is FC(F)Oc1ccc(CN2C[C@H]3CC[C@@H]2CN(Cc2cccnc2)C3)cc1. The number of nitrogens with zero attached hydrogens (tertiary/aromatic N) is 3. The second-order valence-corrected chi connectivity index (χ2v) is 7.60. The minimum absolute atomic E-state index is 0.216. The molecule has 2 atom stereocenters. The highest BCUT2D eigenvalue weighted by Crippen LogP contribution is 2.30. The van der Waals surface area contributed by atoms with Crippen LogP contribution in [0.25, 0.3) is 0 Å². The molecule has 0 saturated carbocycles. The smallest absolute Gasteiger partial charge is 0.387 e. The largest absolute Gasteiger partial charge is 0.435 e. The van der Waals surface area contributed by atoms with Crippen molar-refractivity contribution < 1.29 is 13.5 Å². The maximum absolute atomic E-state index is 12.3. The fraction of sp³-hybridized carbons (Fsp3) is 0.476. The van der Waals surface area contributed by atoms with E-state index in [1.807, 2.05) is 30.6 Å². The standard InChI is InChI=1S/C21H25F2N3O/c22-21(23)27-20-7-4-16(5-8-20)13-26-14-18-3-6-19(26)15-25(12-18)11-17-2-1-9-24-10-17/h1-2,4-5,7-10,18-19,21H,3,6,11-15H2/t18-,19+/m0/s1. The van der Waals surface area contributed by atoms with Gasteiger partial charge in [-0.25, -0.2) is 0 Å². The predicted molar refractivity (Wildman–Crippen MR) is 99.5 cm³/mol. The average molecular weight is 373 g/mol. The Labute approximate surface area is 158 Å². The molecule has 0 aliphatic carbocycles. The van der Waals surface area contributed by atoms with Gasteiger partial charge in [0, 0.05) is 51.2 Å². The second-order valence-electron chi connectivity index (χ2n) is 7.60. The van der Waals surface area contributed by atoms with Gasteiger partial charge in [-0.1, -0.05) is 18.2 Å². The van der Waals surface area contributed by atoms with Crippen molar-refractivity contribution in [3.05, 3.63) is 59.9 Å². The first-order valence-electron chi connectivity index (χ1n) is 9.55. The van der Waals surface area contributed by atoms with E-state index in [0.717, 1.165) is 38.3 Å². The molecule has 2 aromatic rings. The lowest BCUT2D eigenvalue weighted by Crippen LogP contribution is -2.43. The van der Waals surface area contributed by atoms with E-state index in [2.05, 4.69) is 25.6 Å². The van der Waals surface area contributed by atoms with E-state index in [9.17, 15) is 8.78 Å². The monoisotopic (exact) mass is 373 g/mol. The Morgan fingerprint density at radius 2 is 1.85 bits per heavy atom. The van der Waals surface area contributed by atoms with Crippen LogP contribution in [0.3, 0.4) is 0 Å². The molecule has 27 heavy (non-hydrogen) atoms. The highest BCUT2D eigenvalue weighted by atomic mass is 19.3. The molecule has 0 amide bonds. The van der Waals surface area contributed by atoms with Gasteiger partial charge in [-0.05, 0) is 48.1 Å². The predicted octanol–water partition coefficient (Wildman–Crippen LogP) is 3.78. The third-order valence-corrected chi connectivity index (χ3v) is 5.57. The molecule has 2 bridgehead atoms. The molecule has 3 fully saturated rings. The molecular formula is C21H25F2N3O. The number of rotatable bonds is 6. The Morgan fingerprint density at radius 3 is 2.59 bits per heavy atom. The Morgan fingerprint density at radius 1 is 1.00 bits per heavy atom. The molecule has 6 heteroatoms. The molecule has 144 valence electrons. The number of hydrogen-bond acceptors (Lipinski definition) is 4. The van der Waals surface area contributed by atoms with Crippen LogP contribution in [0.2, 0.25) is 0 Å². The molecule has 3 aliphatic rings. The van der Waals surface area contributed by atoms with Gasteiger partial charge < -0.3 is 4.74 Å². The molecule has 0 radical (unpaired) electrons. The van der Waals surface area contributed by atoms with Gasteiger partial charge in [0.1, 0.15) is 5.75 Å². The molecule has 4 heterocycles. The summed E-state index contributed by atoms with van der Waals surface area (Å²) >= 11 is 0. The number of benzene rings is 1. The van der Waals surface area contributed by atoms with Gasteiger partial charge in [0.05, 0.1) is 0 Å². The van der Waals surface area contributed by atoms with Crippen LogP contribution < -0.4 is 4.74 Å².